The summed E-state index contributed by atoms with van der Waals surface area (Å²) in [7, 11) is -10.2. The highest BCUT2D eigenvalue weighted by atomic mass is 32.5. The molecule has 0 aromatic heterocycles. The number of aliphatic carboxylic acids is 1. The van der Waals surface area contributed by atoms with Crippen LogP contribution in [0.1, 0.15) is 37.3 Å². The van der Waals surface area contributed by atoms with Crippen molar-refractivity contribution in [3.8, 4) is 5.75 Å². The number of nitrogens with one attached hydrogen (secondary N) is 1. The first-order valence-electron chi connectivity index (χ1n) is 10.6. The van der Waals surface area contributed by atoms with E-state index >= 15 is 0 Å². The van der Waals surface area contributed by atoms with Gasteiger partial charge in [0, 0.05) is 12.1 Å². The van der Waals surface area contributed by atoms with Gasteiger partial charge in [-0.3, -0.25) is 9.79 Å². The molecule has 2 rings (SSSR count). The van der Waals surface area contributed by atoms with Gasteiger partial charge >= 0.3 is 22.4 Å². The first kappa shape index (κ1) is 30.0. The Bertz CT molecular complexity index is 1130. The van der Waals surface area contributed by atoms with Crippen molar-refractivity contribution in [2.24, 2.45) is 16.5 Å². The molecule has 1 aromatic carbocycles. The molecule has 1 amide bonds. The maximum Gasteiger partial charge on any atom is 0.429 e. The second-order valence-electron chi connectivity index (χ2n) is 8.13. The zero-order valence-electron chi connectivity index (χ0n) is 19.1. The number of hydrogen-bond donors (Lipinski definition) is 4. The van der Waals surface area contributed by atoms with Gasteiger partial charge in [-0.1, -0.05) is 26.4 Å². The smallest absolute Gasteiger partial charge is 0.429 e. The van der Waals surface area contributed by atoms with Crippen LogP contribution in [0.4, 0.5) is 32.6 Å². The number of fused-ring (bicyclic) bond motifs is 1. The van der Waals surface area contributed by atoms with Crippen LogP contribution in [0.15, 0.2) is 27.6 Å². The molecular formula is C20H24F8N4O4S. The third-order valence-corrected chi connectivity index (χ3v) is 6.31. The Balaban J connectivity index is 2.47. The van der Waals surface area contributed by atoms with Crippen molar-refractivity contribution < 1.29 is 52.0 Å². The van der Waals surface area contributed by atoms with E-state index in [-0.39, 0.29) is 43.9 Å². The van der Waals surface area contributed by atoms with E-state index in [1.54, 1.807) is 0 Å². The zero-order valence-corrected chi connectivity index (χ0v) is 19.9. The van der Waals surface area contributed by atoms with Gasteiger partial charge in [0.15, 0.2) is 5.96 Å². The third-order valence-electron chi connectivity index (χ3n) is 5.18. The van der Waals surface area contributed by atoms with Gasteiger partial charge < -0.3 is 26.6 Å². The number of amides is 1. The molecule has 1 aliphatic heterocycles. The number of carbonyl (C=O) groups is 2. The molecule has 0 aliphatic carbocycles. The van der Waals surface area contributed by atoms with Gasteiger partial charge in [0.1, 0.15) is 16.7 Å². The molecule has 0 spiro atoms. The summed E-state index contributed by atoms with van der Waals surface area (Å²) in [5.74, 6) is -4.18. The molecule has 0 radical (unpaired) electrons. The number of nitrogens with zero attached hydrogens (tertiary/aromatic N) is 1. The number of nitrogens with two attached hydrogens (primary N) is 2. The van der Waals surface area contributed by atoms with Crippen molar-refractivity contribution in [3.05, 3.63) is 28.8 Å². The van der Waals surface area contributed by atoms with Crippen LogP contribution < -0.4 is 21.5 Å². The van der Waals surface area contributed by atoms with E-state index in [0.29, 0.717) is 6.08 Å². The number of rotatable bonds is 10. The molecule has 1 heterocycles. The van der Waals surface area contributed by atoms with E-state index in [1.807, 2.05) is 5.32 Å². The molecular weight excluding hydrogens is 544 g/mol. The highest BCUT2D eigenvalue weighted by Crippen LogP contribution is 3.02. The maximum atomic E-state index is 13.7. The predicted octanol–water partition coefficient (Wildman–Crippen LogP) is 4.63. The topological polar surface area (TPSA) is 140 Å². The minimum atomic E-state index is -10.2. The number of alkyl halides is 3. The van der Waals surface area contributed by atoms with E-state index in [4.69, 9.17) is 16.2 Å². The number of unbranched alkanes of at least 4 members (excludes halogenated alkanes) is 1. The Morgan fingerprint density at radius 2 is 1.78 bits per heavy atom. The monoisotopic (exact) mass is 568 g/mol. The van der Waals surface area contributed by atoms with E-state index in [1.165, 1.54) is 6.92 Å². The SMILES string of the molecule is CCc1cc(S(F)(F)(F)(F)F)cc2c1O[C@H](C(F)(F)F)C(C(=O)NC(CCCCN=C(N)N)C(=O)O)=C2. The number of halogens is 8. The minimum absolute atomic E-state index is 0.00944. The summed E-state index contributed by atoms with van der Waals surface area (Å²) in [4.78, 5) is 25.5. The first-order valence-corrected chi connectivity index (χ1v) is 12.5. The van der Waals surface area contributed by atoms with Gasteiger partial charge in [-0.15, -0.1) is 0 Å². The molecule has 37 heavy (non-hydrogen) atoms. The van der Waals surface area contributed by atoms with Gasteiger partial charge in [-0.25, -0.2) is 4.79 Å². The molecule has 1 unspecified atom stereocenters. The highest BCUT2D eigenvalue weighted by Gasteiger charge is 2.66. The van der Waals surface area contributed by atoms with Gasteiger partial charge in [-0.2, -0.15) is 13.2 Å². The average molecular weight is 568 g/mol. The fourth-order valence-electron chi connectivity index (χ4n) is 3.44. The number of carboxylic acids is 1. The summed E-state index contributed by atoms with van der Waals surface area (Å²) in [5, 5.41) is 11.2. The summed E-state index contributed by atoms with van der Waals surface area (Å²) in [6.45, 7) is 1.33. The minimum Gasteiger partial charge on any atom is -0.480 e. The molecule has 0 fully saturated rings. The number of aliphatic imine (C=N–C) groups is 1. The summed E-state index contributed by atoms with van der Waals surface area (Å²) in [6.07, 6.45) is -8.17. The Hall–Kier alpha value is -3.24. The van der Waals surface area contributed by atoms with Gasteiger partial charge in [0.05, 0.1) is 5.57 Å². The van der Waals surface area contributed by atoms with Crippen LogP contribution in [-0.4, -0.2) is 47.8 Å². The molecule has 1 aliphatic rings. The second-order valence-corrected chi connectivity index (χ2v) is 10.5. The standard InChI is InChI=1S/C20H24F8N4O4S/c1-2-10-7-12(37(24,25,26,27)28)8-11-9-13(16(20(21,22)23)36-15(10)11)17(33)32-14(18(34)35)5-3-4-6-31-19(29)30/h7-9,14,16H,2-6H2,1H3,(H,32,33)(H,34,35)(H4,29,30,31)/t14?,16-/m0/s1. The molecule has 0 bridgehead atoms. The Kier molecular flexibility index (Phi) is 7.76. The van der Waals surface area contributed by atoms with Gasteiger partial charge in [-0.05, 0) is 49.5 Å². The van der Waals surface area contributed by atoms with Gasteiger partial charge in [0.25, 0.3) is 5.91 Å². The number of guanidine groups is 1. The normalized spacial score (nSPS) is 18.3. The Morgan fingerprint density at radius 3 is 2.27 bits per heavy atom. The second kappa shape index (κ2) is 9.57. The van der Waals surface area contributed by atoms with Crippen LogP contribution in [0.5, 0.6) is 5.75 Å². The van der Waals surface area contributed by atoms with Crippen LogP contribution in [0, 0.1) is 0 Å². The van der Waals surface area contributed by atoms with Crippen LogP contribution in [0.25, 0.3) is 6.08 Å². The predicted molar refractivity (Wildman–Crippen MR) is 120 cm³/mol. The highest BCUT2D eigenvalue weighted by molar-refractivity contribution is 8.45. The lowest BCUT2D eigenvalue weighted by atomic mass is 9.97. The maximum absolute atomic E-state index is 13.7. The van der Waals surface area contributed by atoms with Crippen LogP contribution >= 0.6 is 10.2 Å². The van der Waals surface area contributed by atoms with E-state index in [9.17, 15) is 47.3 Å². The van der Waals surface area contributed by atoms with Crippen LogP contribution in [-0.2, 0) is 16.0 Å². The number of hydrogen-bond acceptors (Lipinski definition) is 4. The summed E-state index contributed by atoms with van der Waals surface area (Å²) >= 11 is 0. The fourth-order valence-corrected chi connectivity index (χ4v) is 4.15. The number of carboxylic acid groups (broad SMARTS) is 1. The summed E-state index contributed by atoms with van der Waals surface area (Å²) in [5.41, 5.74) is 7.57. The largest absolute Gasteiger partial charge is 0.480 e. The van der Waals surface area contributed by atoms with Crippen LogP contribution in [0.3, 0.4) is 0 Å². The fraction of sp³-hybridized carbons (Fsp3) is 0.450. The molecule has 0 saturated heterocycles. The quantitative estimate of drug-likeness (QED) is 0.141. The first-order chi connectivity index (χ1) is 16.6. The molecule has 210 valence electrons. The molecule has 0 saturated carbocycles. The number of aryl methyl sites for hydroxylation is 1. The van der Waals surface area contributed by atoms with E-state index < -0.39 is 74.2 Å². The molecule has 17 heteroatoms. The molecule has 8 nitrogen and oxygen atoms in total. The number of carbonyl (C=O) groups excluding carboxylic acids is 1. The summed E-state index contributed by atoms with van der Waals surface area (Å²) in [6, 6.07) is -1.78. The van der Waals surface area contributed by atoms with Crippen molar-refractivity contribution in [2.75, 3.05) is 6.54 Å². The number of benzene rings is 1. The third kappa shape index (κ3) is 7.87. The van der Waals surface area contributed by atoms with E-state index in [2.05, 4.69) is 4.99 Å². The molecule has 2 atom stereocenters. The lowest BCUT2D eigenvalue weighted by Gasteiger charge is -2.41. The Labute approximate surface area is 205 Å². The Morgan fingerprint density at radius 1 is 1.16 bits per heavy atom. The van der Waals surface area contributed by atoms with Crippen molar-refractivity contribution in [3.63, 3.8) is 0 Å². The van der Waals surface area contributed by atoms with Gasteiger partial charge in [0.2, 0.25) is 6.10 Å². The summed E-state index contributed by atoms with van der Waals surface area (Å²) < 4.78 is 113. The average Bonchev–Trinajstić information content (AvgIpc) is 2.73. The van der Waals surface area contributed by atoms with Crippen LogP contribution in [0.2, 0.25) is 0 Å². The van der Waals surface area contributed by atoms with Crippen molar-refractivity contribution in [1.29, 1.82) is 0 Å². The van der Waals surface area contributed by atoms with Crippen molar-refractivity contribution >= 4 is 34.1 Å². The van der Waals surface area contributed by atoms with Crippen molar-refractivity contribution in [2.45, 2.75) is 55.8 Å². The lowest BCUT2D eigenvalue weighted by Crippen LogP contribution is -2.47. The van der Waals surface area contributed by atoms with E-state index in [0.717, 1.165) is 0 Å². The molecule has 1 aromatic rings. The molecule has 6 N–H and O–H groups in total. The zero-order chi connectivity index (χ0) is 28.5. The lowest BCUT2D eigenvalue weighted by molar-refractivity contribution is -0.185. The number of ether oxygens (including phenoxy) is 1. The van der Waals surface area contributed by atoms with Crippen molar-refractivity contribution in [1.82, 2.24) is 5.32 Å².